The van der Waals surface area contributed by atoms with Crippen LogP contribution in [-0.4, -0.2) is 32.5 Å². The molecule has 2 atom stereocenters. The maximum absolute atomic E-state index is 5.91. The van der Waals surface area contributed by atoms with Crippen molar-refractivity contribution in [3.05, 3.63) is 28.7 Å². The third-order valence-corrected chi connectivity index (χ3v) is 4.07. The molecule has 0 spiro atoms. The van der Waals surface area contributed by atoms with Gasteiger partial charge in [0.05, 0.1) is 18.8 Å². The van der Waals surface area contributed by atoms with Gasteiger partial charge in [0.25, 0.3) is 0 Å². The molecule has 2 rings (SSSR count). The van der Waals surface area contributed by atoms with E-state index < -0.39 is 0 Å². The van der Waals surface area contributed by atoms with Crippen molar-refractivity contribution in [3.63, 3.8) is 0 Å². The summed E-state index contributed by atoms with van der Waals surface area (Å²) in [5.41, 5.74) is 1.13. The molecule has 0 aliphatic heterocycles. The molecule has 19 heavy (non-hydrogen) atoms. The Morgan fingerprint density at radius 1 is 1.21 bits per heavy atom. The van der Waals surface area contributed by atoms with E-state index in [-0.39, 0.29) is 0 Å². The summed E-state index contributed by atoms with van der Waals surface area (Å²) in [4.78, 5) is 0. The summed E-state index contributed by atoms with van der Waals surface area (Å²) < 4.78 is 12.4. The van der Waals surface area contributed by atoms with Gasteiger partial charge in [-0.2, -0.15) is 0 Å². The number of ether oxygens (including phenoxy) is 2. The summed E-state index contributed by atoms with van der Waals surface area (Å²) in [7, 11) is 1.79. The van der Waals surface area contributed by atoms with Crippen molar-refractivity contribution in [2.45, 2.75) is 37.9 Å². The van der Waals surface area contributed by atoms with E-state index in [0.29, 0.717) is 12.2 Å². The first-order chi connectivity index (χ1) is 9.28. The topological polar surface area (TPSA) is 30.5 Å². The van der Waals surface area contributed by atoms with Gasteiger partial charge in [0, 0.05) is 23.8 Å². The van der Waals surface area contributed by atoms with Crippen molar-refractivity contribution >= 4 is 21.6 Å². The van der Waals surface area contributed by atoms with E-state index in [0.717, 1.165) is 36.2 Å². The van der Waals surface area contributed by atoms with Gasteiger partial charge in [-0.1, -0.05) is 15.9 Å². The number of methoxy groups -OCH3 is 1. The number of halogens is 1. The molecule has 1 aromatic carbocycles. The number of benzene rings is 1. The van der Waals surface area contributed by atoms with E-state index in [1.807, 2.05) is 12.1 Å². The number of rotatable bonds is 6. The molecule has 1 aromatic rings. The van der Waals surface area contributed by atoms with Gasteiger partial charge >= 0.3 is 0 Å². The van der Waals surface area contributed by atoms with Crippen molar-refractivity contribution < 1.29 is 9.47 Å². The van der Waals surface area contributed by atoms with Crippen LogP contribution in [0.1, 0.15) is 25.7 Å². The van der Waals surface area contributed by atoms with Crippen LogP contribution >= 0.6 is 15.9 Å². The van der Waals surface area contributed by atoms with E-state index in [1.54, 1.807) is 7.11 Å². The van der Waals surface area contributed by atoms with Crippen molar-refractivity contribution in [2.75, 3.05) is 25.6 Å². The number of hydrogen-bond donors (Lipinski definition) is 1. The zero-order valence-electron chi connectivity index (χ0n) is 11.4. The molecule has 1 fully saturated rings. The van der Waals surface area contributed by atoms with Gasteiger partial charge in [-0.15, -0.1) is 0 Å². The van der Waals surface area contributed by atoms with E-state index in [4.69, 9.17) is 9.47 Å². The maximum atomic E-state index is 5.91. The van der Waals surface area contributed by atoms with Crippen LogP contribution in [0.4, 0.5) is 5.69 Å². The van der Waals surface area contributed by atoms with Gasteiger partial charge in [0.15, 0.2) is 0 Å². The fraction of sp³-hybridized carbons (Fsp3) is 0.600. The second-order valence-corrected chi connectivity index (χ2v) is 5.87. The van der Waals surface area contributed by atoms with Crippen molar-refractivity contribution in [3.8, 4) is 0 Å². The molecule has 1 N–H and O–H groups in total. The Balaban J connectivity index is 1.62. The normalized spacial score (nSPS) is 23.3. The minimum absolute atomic E-state index is 0.366. The quantitative estimate of drug-likeness (QED) is 0.805. The smallest absolute Gasteiger partial charge is 0.0642 e. The first kappa shape index (κ1) is 14.8. The molecule has 2 unspecified atom stereocenters. The monoisotopic (exact) mass is 327 g/mol. The molecule has 1 aliphatic rings. The predicted molar refractivity (Wildman–Crippen MR) is 81.6 cm³/mol. The SMILES string of the molecule is COC1CCCC(OCCNc2ccc(Br)cc2)C1. The maximum Gasteiger partial charge on any atom is 0.0642 e. The number of nitrogens with one attached hydrogen (secondary N) is 1. The van der Waals surface area contributed by atoms with E-state index in [1.165, 1.54) is 12.8 Å². The lowest BCUT2D eigenvalue weighted by Gasteiger charge is -2.28. The van der Waals surface area contributed by atoms with Gasteiger partial charge < -0.3 is 14.8 Å². The van der Waals surface area contributed by atoms with Crippen LogP contribution in [0.25, 0.3) is 0 Å². The Bertz CT molecular complexity index is 369. The molecule has 0 radical (unpaired) electrons. The standard InChI is InChI=1S/C15H22BrNO2/c1-18-14-3-2-4-15(11-14)19-10-9-17-13-7-5-12(16)6-8-13/h5-8,14-15,17H,2-4,9-11H2,1H3. The minimum atomic E-state index is 0.366. The largest absolute Gasteiger partial charge is 0.383 e. The first-order valence-corrected chi connectivity index (χ1v) is 7.71. The van der Waals surface area contributed by atoms with Gasteiger partial charge in [-0.3, -0.25) is 0 Å². The first-order valence-electron chi connectivity index (χ1n) is 6.92. The van der Waals surface area contributed by atoms with Crippen molar-refractivity contribution in [1.82, 2.24) is 0 Å². The van der Waals surface area contributed by atoms with Crippen LogP contribution in [0.2, 0.25) is 0 Å². The Morgan fingerprint density at radius 3 is 2.68 bits per heavy atom. The molecule has 0 amide bonds. The van der Waals surface area contributed by atoms with Gasteiger partial charge in [-0.25, -0.2) is 0 Å². The average Bonchev–Trinajstić information content (AvgIpc) is 2.46. The lowest BCUT2D eigenvalue weighted by atomic mass is 9.95. The molecule has 1 aliphatic carbocycles. The number of hydrogen-bond acceptors (Lipinski definition) is 3. The predicted octanol–water partition coefficient (Wildman–Crippen LogP) is 3.84. The molecular formula is C15H22BrNO2. The summed E-state index contributed by atoms with van der Waals surface area (Å²) >= 11 is 3.43. The second kappa shape index (κ2) is 7.88. The van der Waals surface area contributed by atoms with E-state index >= 15 is 0 Å². The Hall–Kier alpha value is -0.580. The zero-order valence-corrected chi connectivity index (χ0v) is 13.0. The van der Waals surface area contributed by atoms with Gasteiger partial charge in [0.2, 0.25) is 0 Å². The highest BCUT2D eigenvalue weighted by molar-refractivity contribution is 9.10. The highest BCUT2D eigenvalue weighted by Gasteiger charge is 2.21. The molecule has 3 nitrogen and oxygen atoms in total. The summed E-state index contributed by atoms with van der Waals surface area (Å²) in [6.07, 6.45) is 5.34. The molecule has 0 bridgehead atoms. The fourth-order valence-electron chi connectivity index (χ4n) is 2.46. The van der Waals surface area contributed by atoms with Gasteiger partial charge in [-0.05, 0) is 49.9 Å². The molecule has 4 heteroatoms. The van der Waals surface area contributed by atoms with E-state index in [9.17, 15) is 0 Å². The second-order valence-electron chi connectivity index (χ2n) is 4.95. The summed E-state index contributed by atoms with van der Waals surface area (Å²) in [5, 5.41) is 3.36. The van der Waals surface area contributed by atoms with Crippen LogP contribution < -0.4 is 5.32 Å². The lowest BCUT2D eigenvalue weighted by Crippen LogP contribution is -2.28. The molecule has 0 heterocycles. The fourth-order valence-corrected chi connectivity index (χ4v) is 2.72. The molecule has 1 saturated carbocycles. The van der Waals surface area contributed by atoms with Crippen LogP contribution in [0.3, 0.4) is 0 Å². The lowest BCUT2D eigenvalue weighted by molar-refractivity contribution is -0.0261. The Labute approximate surface area is 123 Å². The third-order valence-electron chi connectivity index (χ3n) is 3.54. The van der Waals surface area contributed by atoms with E-state index in [2.05, 4.69) is 33.4 Å². The van der Waals surface area contributed by atoms with Gasteiger partial charge in [0.1, 0.15) is 0 Å². The zero-order chi connectivity index (χ0) is 13.5. The van der Waals surface area contributed by atoms with Crippen LogP contribution in [0, 0.1) is 0 Å². The van der Waals surface area contributed by atoms with Crippen LogP contribution in [0.15, 0.2) is 28.7 Å². The van der Waals surface area contributed by atoms with Crippen LogP contribution in [-0.2, 0) is 9.47 Å². The summed E-state index contributed by atoms with van der Waals surface area (Å²) in [6, 6.07) is 8.19. The highest BCUT2D eigenvalue weighted by atomic mass is 79.9. The molecule has 0 aromatic heterocycles. The molecule has 106 valence electrons. The Morgan fingerprint density at radius 2 is 1.95 bits per heavy atom. The third kappa shape index (κ3) is 5.13. The van der Waals surface area contributed by atoms with Crippen molar-refractivity contribution in [1.29, 1.82) is 0 Å². The van der Waals surface area contributed by atoms with Crippen molar-refractivity contribution in [2.24, 2.45) is 0 Å². The average molecular weight is 328 g/mol. The minimum Gasteiger partial charge on any atom is -0.383 e. The molecule has 0 saturated heterocycles. The highest BCUT2D eigenvalue weighted by Crippen LogP contribution is 2.23. The summed E-state index contributed by atoms with van der Waals surface area (Å²) in [5.74, 6) is 0. The summed E-state index contributed by atoms with van der Waals surface area (Å²) in [6.45, 7) is 1.59. The number of anilines is 1. The molecular weight excluding hydrogens is 306 g/mol. The van der Waals surface area contributed by atoms with Crippen LogP contribution in [0.5, 0.6) is 0 Å². The Kier molecular flexibility index (Phi) is 6.14.